The second-order valence-corrected chi connectivity index (χ2v) is 4.73. The summed E-state index contributed by atoms with van der Waals surface area (Å²) in [6, 6.07) is 7.97. The molecule has 2 nitrogen and oxygen atoms in total. The largest absolute Gasteiger partial charge is 1.00 e. The van der Waals surface area contributed by atoms with E-state index >= 15 is 0 Å². The van der Waals surface area contributed by atoms with Gasteiger partial charge in [-0.3, -0.25) is 4.21 Å². The Bertz CT molecular complexity index is 560. The fraction of sp³-hybridized carbons (Fsp3) is 0. The molecule has 2 aromatic rings. The van der Waals surface area contributed by atoms with Crippen molar-refractivity contribution < 1.29 is 38.3 Å². The van der Waals surface area contributed by atoms with Gasteiger partial charge in [-0.25, -0.2) is 0 Å². The predicted molar refractivity (Wildman–Crippen MR) is 61.2 cm³/mol. The molecule has 0 aliphatic heterocycles. The standard InChI is InChI=1S/C10H6Cl2O2S.Na/c11-9-3-4-10(12)8-5-6(15(13)14)1-2-7(8)9;/h1-5H,(H,13,14);/q;+1/p-1. The smallest absolute Gasteiger partial charge is 0.768 e. The molecular formula is C10H5Cl2NaO2S. The maximum Gasteiger partial charge on any atom is 1.00 e. The molecule has 1 unspecified atom stereocenters. The van der Waals surface area contributed by atoms with E-state index in [9.17, 15) is 8.76 Å². The van der Waals surface area contributed by atoms with Crippen molar-refractivity contribution in [2.24, 2.45) is 0 Å². The van der Waals surface area contributed by atoms with E-state index in [-0.39, 0.29) is 34.5 Å². The third-order valence-corrected chi connectivity index (χ3v) is 3.37. The quantitative estimate of drug-likeness (QED) is 0.561. The van der Waals surface area contributed by atoms with Crippen LogP contribution in [0.1, 0.15) is 0 Å². The fourth-order valence-electron chi connectivity index (χ4n) is 1.36. The van der Waals surface area contributed by atoms with Gasteiger partial charge in [0, 0.05) is 25.7 Å². The predicted octanol–water partition coefficient (Wildman–Crippen LogP) is 0.389. The Morgan fingerprint density at radius 2 is 1.56 bits per heavy atom. The first-order chi connectivity index (χ1) is 7.09. The molecule has 0 fully saturated rings. The van der Waals surface area contributed by atoms with Crippen LogP contribution in [0.25, 0.3) is 10.8 Å². The van der Waals surface area contributed by atoms with Gasteiger partial charge >= 0.3 is 29.6 Å². The van der Waals surface area contributed by atoms with Gasteiger partial charge in [-0.2, -0.15) is 0 Å². The first-order valence-electron chi connectivity index (χ1n) is 4.06. The summed E-state index contributed by atoms with van der Waals surface area (Å²) in [6.07, 6.45) is 0. The Morgan fingerprint density at radius 3 is 2.12 bits per heavy atom. The van der Waals surface area contributed by atoms with Crippen molar-refractivity contribution in [3.8, 4) is 0 Å². The molecule has 2 aromatic carbocycles. The molecule has 0 N–H and O–H groups in total. The molecule has 0 radical (unpaired) electrons. The Hall–Kier alpha value is 0.390. The molecule has 0 bridgehead atoms. The summed E-state index contributed by atoms with van der Waals surface area (Å²) in [5.41, 5.74) is 0. The summed E-state index contributed by atoms with van der Waals surface area (Å²) in [5.74, 6) is 0. The third-order valence-electron chi connectivity index (χ3n) is 2.07. The van der Waals surface area contributed by atoms with E-state index in [2.05, 4.69) is 0 Å². The van der Waals surface area contributed by atoms with Gasteiger partial charge in [0.15, 0.2) is 0 Å². The van der Waals surface area contributed by atoms with E-state index in [1.165, 1.54) is 12.1 Å². The molecule has 0 aromatic heterocycles. The minimum absolute atomic E-state index is 0. The van der Waals surface area contributed by atoms with Crippen LogP contribution >= 0.6 is 23.2 Å². The summed E-state index contributed by atoms with van der Waals surface area (Å²) in [6.45, 7) is 0. The van der Waals surface area contributed by atoms with Crippen LogP contribution in [0.15, 0.2) is 35.2 Å². The molecule has 0 spiro atoms. The van der Waals surface area contributed by atoms with Gasteiger partial charge in [0.25, 0.3) is 0 Å². The van der Waals surface area contributed by atoms with E-state index in [1.807, 2.05) is 0 Å². The summed E-state index contributed by atoms with van der Waals surface area (Å²) < 4.78 is 21.5. The van der Waals surface area contributed by atoms with Crippen molar-refractivity contribution in [3.05, 3.63) is 40.4 Å². The zero-order valence-electron chi connectivity index (χ0n) is 8.37. The van der Waals surface area contributed by atoms with Gasteiger partial charge in [-0.15, -0.1) is 0 Å². The molecule has 2 rings (SSSR count). The maximum absolute atomic E-state index is 10.8. The van der Waals surface area contributed by atoms with Gasteiger partial charge in [-0.05, 0) is 35.3 Å². The second kappa shape index (κ2) is 5.83. The van der Waals surface area contributed by atoms with E-state index in [0.717, 1.165) is 5.39 Å². The van der Waals surface area contributed by atoms with Crippen LogP contribution in [0.3, 0.4) is 0 Å². The molecule has 6 heteroatoms. The molecule has 0 heterocycles. The van der Waals surface area contributed by atoms with E-state index in [0.29, 0.717) is 15.4 Å². The van der Waals surface area contributed by atoms with Crippen LogP contribution in [0.2, 0.25) is 10.0 Å². The minimum Gasteiger partial charge on any atom is -0.768 e. The average Bonchev–Trinajstić information content (AvgIpc) is 2.23. The number of hydrogen-bond acceptors (Lipinski definition) is 2. The Labute approximate surface area is 128 Å². The Morgan fingerprint density at radius 1 is 1.00 bits per heavy atom. The van der Waals surface area contributed by atoms with Crippen LogP contribution < -0.4 is 29.6 Å². The molecule has 78 valence electrons. The Kier molecular flexibility index (Phi) is 5.26. The normalized spacial score (nSPS) is 12.2. The summed E-state index contributed by atoms with van der Waals surface area (Å²) >= 11 is 9.64. The van der Waals surface area contributed by atoms with Gasteiger partial charge in [0.2, 0.25) is 0 Å². The van der Waals surface area contributed by atoms with Gasteiger partial charge in [0.05, 0.1) is 0 Å². The van der Waals surface area contributed by atoms with Crippen molar-refractivity contribution in [1.29, 1.82) is 0 Å². The van der Waals surface area contributed by atoms with Crippen LogP contribution in [0.4, 0.5) is 0 Å². The van der Waals surface area contributed by atoms with Gasteiger partial charge in [-0.1, -0.05) is 29.3 Å². The third kappa shape index (κ3) is 2.79. The monoisotopic (exact) mass is 282 g/mol. The SMILES string of the molecule is O=S([O-])c1ccc2c(Cl)ccc(Cl)c2c1.[Na+]. The first kappa shape index (κ1) is 14.5. The number of halogens is 2. The van der Waals surface area contributed by atoms with E-state index in [4.69, 9.17) is 23.2 Å². The molecule has 0 aliphatic rings. The molecule has 16 heavy (non-hydrogen) atoms. The number of hydrogen-bond donors (Lipinski definition) is 0. The van der Waals surface area contributed by atoms with Crippen molar-refractivity contribution >= 4 is 45.1 Å². The van der Waals surface area contributed by atoms with Crippen LogP contribution in [-0.2, 0) is 11.1 Å². The molecule has 1 atom stereocenters. The molecule has 0 amide bonds. The van der Waals surface area contributed by atoms with E-state index in [1.54, 1.807) is 18.2 Å². The maximum atomic E-state index is 10.8. The van der Waals surface area contributed by atoms with E-state index < -0.39 is 11.1 Å². The van der Waals surface area contributed by atoms with Crippen molar-refractivity contribution in [1.82, 2.24) is 0 Å². The molecule has 0 aliphatic carbocycles. The van der Waals surface area contributed by atoms with Gasteiger partial charge < -0.3 is 4.55 Å². The van der Waals surface area contributed by atoms with Crippen LogP contribution in [-0.4, -0.2) is 8.76 Å². The second-order valence-electron chi connectivity index (χ2n) is 2.97. The zero-order valence-corrected chi connectivity index (χ0v) is 12.7. The van der Waals surface area contributed by atoms with Crippen molar-refractivity contribution in [2.45, 2.75) is 4.90 Å². The zero-order chi connectivity index (χ0) is 11.0. The van der Waals surface area contributed by atoms with Crippen molar-refractivity contribution in [3.63, 3.8) is 0 Å². The summed E-state index contributed by atoms with van der Waals surface area (Å²) in [7, 11) is 0. The fourth-order valence-corrected chi connectivity index (χ4v) is 2.20. The Balaban J connectivity index is 0.00000128. The molecule has 0 saturated carbocycles. The number of rotatable bonds is 1. The number of benzene rings is 2. The minimum atomic E-state index is -2.25. The molecule has 0 saturated heterocycles. The molecular weight excluding hydrogens is 278 g/mol. The first-order valence-corrected chi connectivity index (χ1v) is 5.89. The van der Waals surface area contributed by atoms with Gasteiger partial charge in [0.1, 0.15) is 0 Å². The van der Waals surface area contributed by atoms with Crippen LogP contribution in [0, 0.1) is 0 Å². The number of fused-ring (bicyclic) bond motifs is 1. The van der Waals surface area contributed by atoms with Crippen LogP contribution in [0.5, 0.6) is 0 Å². The average molecular weight is 283 g/mol. The summed E-state index contributed by atoms with van der Waals surface area (Å²) in [5, 5.41) is 2.43. The summed E-state index contributed by atoms with van der Waals surface area (Å²) in [4.78, 5) is 0.201. The topological polar surface area (TPSA) is 40.1 Å². The van der Waals surface area contributed by atoms with Crippen molar-refractivity contribution in [2.75, 3.05) is 0 Å².